The van der Waals surface area contributed by atoms with Crippen LogP contribution in [0.3, 0.4) is 0 Å². The van der Waals surface area contributed by atoms with Crippen LogP contribution in [0.2, 0.25) is 10.0 Å². The fourth-order valence-electron chi connectivity index (χ4n) is 3.38. The lowest BCUT2D eigenvalue weighted by Crippen LogP contribution is -2.20. The molecule has 7 nitrogen and oxygen atoms in total. The van der Waals surface area contributed by atoms with Gasteiger partial charge in [0.25, 0.3) is 15.9 Å². The number of fused-ring (bicyclic) bond motifs is 1. The normalized spacial score (nSPS) is 12.3. The SMILES string of the molecule is CCOCCn1c(=NC(=O)c2cccc(NS(=O)(=O)c3ccccc3)c2)sc2c(Cl)ccc(Cl)c21. The Hall–Kier alpha value is -2.69. The summed E-state index contributed by atoms with van der Waals surface area (Å²) in [6, 6.07) is 17.6. The molecule has 0 aliphatic carbocycles. The van der Waals surface area contributed by atoms with Crippen LogP contribution in [0.15, 0.2) is 76.6 Å². The average molecular weight is 550 g/mol. The van der Waals surface area contributed by atoms with Gasteiger partial charge in [0.15, 0.2) is 4.80 Å². The van der Waals surface area contributed by atoms with Crippen molar-refractivity contribution >= 4 is 66.4 Å². The van der Waals surface area contributed by atoms with Gasteiger partial charge in [-0.15, -0.1) is 0 Å². The summed E-state index contributed by atoms with van der Waals surface area (Å²) < 4.78 is 35.8. The number of sulfonamides is 1. The minimum Gasteiger partial charge on any atom is -0.380 e. The molecule has 4 rings (SSSR count). The predicted molar refractivity (Wildman–Crippen MR) is 140 cm³/mol. The van der Waals surface area contributed by atoms with E-state index in [0.29, 0.717) is 44.8 Å². The number of hydrogen-bond acceptors (Lipinski definition) is 5. The molecule has 11 heteroatoms. The van der Waals surface area contributed by atoms with Gasteiger partial charge in [-0.25, -0.2) is 8.42 Å². The molecule has 0 fully saturated rings. The van der Waals surface area contributed by atoms with E-state index >= 15 is 0 Å². The number of carbonyl (C=O) groups is 1. The summed E-state index contributed by atoms with van der Waals surface area (Å²) in [6.45, 7) is 3.28. The van der Waals surface area contributed by atoms with Crippen molar-refractivity contribution in [2.45, 2.75) is 18.4 Å². The fraction of sp³-hybridized carbons (Fsp3) is 0.167. The van der Waals surface area contributed by atoms with E-state index in [1.54, 1.807) is 48.5 Å². The lowest BCUT2D eigenvalue weighted by molar-refractivity contribution is 0.0996. The van der Waals surface area contributed by atoms with Crippen LogP contribution in [0.25, 0.3) is 10.2 Å². The zero-order valence-corrected chi connectivity index (χ0v) is 21.7. The summed E-state index contributed by atoms with van der Waals surface area (Å²) in [6.07, 6.45) is 0. The van der Waals surface area contributed by atoms with E-state index in [0.717, 1.165) is 0 Å². The Morgan fingerprint density at radius 1 is 1.06 bits per heavy atom. The number of rotatable bonds is 8. The van der Waals surface area contributed by atoms with Gasteiger partial charge in [-0.2, -0.15) is 4.99 Å². The Kier molecular flexibility index (Phi) is 7.93. The number of anilines is 1. The molecule has 0 unspecified atom stereocenters. The van der Waals surface area contributed by atoms with E-state index < -0.39 is 15.9 Å². The van der Waals surface area contributed by atoms with Crippen molar-refractivity contribution in [2.24, 2.45) is 4.99 Å². The van der Waals surface area contributed by atoms with Crippen LogP contribution < -0.4 is 9.52 Å². The second kappa shape index (κ2) is 10.9. The van der Waals surface area contributed by atoms with E-state index in [1.807, 2.05) is 11.5 Å². The Balaban J connectivity index is 1.70. The predicted octanol–water partition coefficient (Wildman–Crippen LogP) is 5.59. The van der Waals surface area contributed by atoms with E-state index in [4.69, 9.17) is 27.9 Å². The van der Waals surface area contributed by atoms with Crippen LogP contribution in [-0.2, 0) is 21.3 Å². The van der Waals surface area contributed by atoms with E-state index in [-0.39, 0.29) is 16.1 Å². The van der Waals surface area contributed by atoms with Crippen LogP contribution in [-0.4, -0.2) is 32.1 Å². The third kappa shape index (κ3) is 5.76. The largest absolute Gasteiger partial charge is 0.380 e. The number of amides is 1. The first-order valence-corrected chi connectivity index (χ1v) is 13.7. The molecule has 0 atom stereocenters. The van der Waals surface area contributed by atoms with Crippen molar-refractivity contribution in [1.82, 2.24) is 4.57 Å². The molecule has 0 radical (unpaired) electrons. The van der Waals surface area contributed by atoms with Crippen molar-refractivity contribution < 1.29 is 17.9 Å². The third-order valence-electron chi connectivity index (χ3n) is 5.00. The van der Waals surface area contributed by atoms with Crippen molar-refractivity contribution in [3.8, 4) is 0 Å². The summed E-state index contributed by atoms with van der Waals surface area (Å²) in [5.74, 6) is -0.533. The molecule has 3 aromatic carbocycles. The number of ether oxygens (including phenoxy) is 1. The number of halogens is 2. The van der Waals surface area contributed by atoms with Crippen LogP contribution in [0.4, 0.5) is 5.69 Å². The minimum atomic E-state index is -3.80. The fourth-order valence-corrected chi connectivity index (χ4v) is 6.13. The molecule has 35 heavy (non-hydrogen) atoms. The quantitative estimate of drug-likeness (QED) is 0.290. The second-order valence-corrected chi connectivity index (χ2v) is 10.8. The molecule has 0 bridgehead atoms. The number of thiazole rings is 1. The summed E-state index contributed by atoms with van der Waals surface area (Å²) in [4.78, 5) is 17.9. The van der Waals surface area contributed by atoms with E-state index in [2.05, 4.69) is 9.71 Å². The molecule has 0 aliphatic rings. The molecule has 0 spiro atoms. The van der Waals surface area contributed by atoms with Gasteiger partial charge in [-0.1, -0.05) is 58.8 Å². The Morgan fingerprint density at radius 2 is 1.80 bits per heavy atom. The highest BCUT2D eigenvalue weighted by Gasteiger charge is 2.16. The number of hydrogen-bond donors (Lipinski definition) is 1. The highest BCUT2D eigenvalue weighted by atomic mass is 35.5. The topological polar surface area (TPSA) is 89.8 Å². The number of carbonyl (C=O) groups excluding carboxylic acids is 1. The van der Waals surface area contributed by atoms with Crippen molar-refractivity contribution in [3.05, 3.63) is 87.1 Å². The molecule has 0 saturated heterocycles. The van der Waals surface area contributed by atoms with Crippen LogP contribution in [0, 0.1) is 0 Å². The molecule has 1 amide bonds. The maximum Gasteiger partial charge on any atom is 0.279 e. The van der Waals surface area contributed by atoms with Gasteiger partial charge in [0.1, 0.15) is 0 Å². The second-order valence-electron chi connectivity index (χ2n) is 7.36. The van der Waals surface area contributed by atoms with Gasteiger partial charge in [0.2, 0.25) is 0 Å². The molecule has 1 heterocycles. The zero-order chi connectivity index (χ0) is 25.0. The van der Waals surface area contributed by atoms with Gasteiger partial charge >= 0.3 is 0 Å². The van der Waals surface area contributed by atoms with Crippen LogP contribution in [0.1, 0.15) is 17.3 Å². The van der Waals surface area contributed by atoms with Crippen molar-refractivity contribution in [3.63, 3.8) is 0 Å². The number of nitrogens with one attached hydrogen (secondary N) is 1. The first kappa shape index (κ1) is 25.4. The standard InChI is InChI=1S/C24H21Cl2N3O4S2/c1-2-33-14-13-29-21-19(25)11-12-20(26)22(21)34-24(29)27-23(30)16-7-6-8-17(15-16)28-35(31,32)18-9-4-3-5-10-18/h3-12,15,28H,2,13-14H2,1H3. The van der Waals surface area contributed by atoms with Gasteiger partial charge < -0.3 is 9.30 Å². The lowest BCUT2D eigenvalue weighted by atomic mass is 10.2. The van der Waals surface area contributed by atoms with Gasteiger partial charge in [-0.3, -0.25) is 9.52 Å². The molecular weight excluding hydrogens is 529 g/mol. The van der Waals surface area contributed by atoms with Gasteiger partial charge in [0.05, 0.1) is 31.8 Å². The smallest absolute Gasteiger partial charge is 0.279 e. The highest BCUT2D eigenvalue weighted by molar-refractivity contribution is 7.92. The van der Waals surface area contributed by atoms with Crippen LogP contribution >= 0.6 is 34.5 Å². The average Bonchev–Trinajstić information content (AvgIpc) is 3.21. The molecule has 182 valence electrons. The first-order valence-electron chi connectivity index (χ1n) is 10.6. The number of nitrogens with zero attached hydrogens (tertiary/aromatic N) is 2. The molecular formula is C24H21Cl2N3O4S2. The van der Waals surface area contributed by atoms with Gasteiger partial charge in [-0.05, 0) is 49.4 Å². The van der Waals surface area contributed by atoms with Crippen LogP contribution in [0.5, 0.6) is 0 Å². The molecule has 0 aliphatic heterocycles. The summed E-state index contributed by atoms with van der Waals surface area (Å²) in [7, 11) is -3.80. The maximum atomic E-state index is 13.1. The molecule has 4 aromatic rings. The molecule has 1 N–H and O–H groups in total. The summed E-state index contributed by atoms with van der Waals surface area (Å²) >= 11 is 14.1. The Bertz CT molecular complexity index is 1550. The van der Waals surface area contributed by atoms with E-state index in [9.17, 15) is 13.2 Å². The summed E-state index contributed by atoms with van der Waals surface area (Å²) in [5, 5.41) is 0.995. The number of aromatic nitrogens is 1. The lowest BCUT2D eigenvalue weighted by Gasteiger charge is -2.09. The first-order chi connectivity index (χ1) is 16.8. The number of benzene rings is 3. The summed E-state index contributed by atoms with van der Waals surface area (Å²) in [5.41, 5.74) is 1.16. The van der Waals surface area contributed by atoms with Crippen molar-refractivity contribution in [1.29, 1.82) is 0 Å². The molecule has 0 saturated carbocycles. The Morgan fingerprint density at radius 3 is 2.54 bits per heavy atom. The zero-order valence-electron chi connectivity index (χ0n) is 18.6. The maximum absolute atomic E-state index is 13.1. The minimum absolute atomic E-state index is 0.121. The van der Waals surface area contributed by atoms with Crippen molar-refractivity contribution in [2.75, 3.05) is 17.9 Å². The monoisotopic (exact) mass is 549 g/mol. The highest BCUT2D eigenvalue weighted by Crippen LogP contribution is 2.32. The Labute approximate surface area is 216 Å². The third-order valence-corrected chi connectivity index (χ3v) is 8.25. The molecule has 1 aromatic heterocycles. The van der Waals surface area contributed by atoms with E-state index in [1.165, 1.54) is 29.5 Å². The van der Waals surface area contributed by atoms with Gasteiger partial charge in [0, 0.05) is 24.4 Å².